The molecule has 106 valence electrons. The van der Waals surface area contributed by atoms with E-state index in [0.717, 1.165) is 10.0 Å². The molecule has 0 radical (unpaired) electrons. The maximum Gasteiger partial charge on any atom is 0.129 e. The molecule has 0 spiro atoms. The van der Waals surface area contributed by atoms with Crippen LogP contribution in [0.2, 0.25) is 0 Å². The zero-order valence-corrected chi connectivity index (χ0v) is 13.0. The molecule has 5 heteroatoms. The number of rotatable bonds is 4. The molecule has 0 aliphatic rings. The van der Waals surface area contributed by atoms with Gasteiger partial charge in [-0.1, -0.05) is 28.1 Å². The predicted molar refractivity (Wildman–Crippen MR) is 79.4 cm³/mol. The van der Waals surface area contributed by atoms with Crippen LogP contribution in [0.5, 0.6) is 5.75 Å². The fourth-order valence-corrected chi connectivity index (χ4v) is 3.02. The van der Waals surface area contributed by atoms with Gasteiger partial charge in [0.1, 0.15) is 17.4 Å². The Morgan fingerprint density at radius 1 is 1.20 bits per heavy atom. The lowest BCUT2D eigenvalue weighted by Gasteiger charge is -2.14. The van der Waals surface area contributed by atoms with Gasteiger partial charge in [0.05, 0.1) is 12.5 Å². The highest BCUT2D eigenvalue weighted by molar-refractivity contribution is 9.10. The fourth-order valence-electron chi connectivity index (χ4n) is 1.91. The average molecular weight is 362 g/mol. The third kappa shape index (κ3) is 3.30. The van der Waals surface area contributed by atoms with Crippen molar-refractivity contribution >= 4 is 27.5 Å². The molecule has 2 aromatic rings. The molecule has 2 aromatic carbocycles. The van der Waals surface area contributed by atoms with Gasteiger partial charge >= 0.3 is 0 Å². The second-order valence-corrected chi connectivity index (χ2v) is 5.64. The van der Waals surface area contributed by atoms with Gasteiger partial charge in [0.15, 0.2) is 0 Å². The van der Waals surface area contributed by atoms with Gasteiger partial charge in [-0.25, -0.2) is 8.78 Å². The molecule has 0 aliphatic heterocycles. The first-order chi connectivity index (χ1) is 9.52. The van der Waals surface area contributed by atoms with Gasteiger partial charge < -0.3 is 4.74 Å². The van der Waals surface area contributed by atoms with E-state index in [1.165, 1.54) is 18.2 Å². The summed E-state index contributed by atoms with van der Waals surface area (Å²) in [5.41, 5.74) is 0.755. The van der Waals surface area contributed by atoms with Crippen LogP contribution in [-0.4, -0.2) is 7.11 Å². The summed E-state index contributed by atoms with van der Waals surface area (Å²) in [5.74, 6) is -0.484. The Bertz CT molecular complexity index is 599. The van der Waals surface area contributed by atoms with E-state index in [2.05, 4.69) is 15.9 Å². The number of methoxy groups -OCH3 is 1. The van der Waals surface area contributed by atoms with E-state index in [1.54, 1.807) is 25.3 Å². The number of ether oxygens (including phenoxy) is 1. The quantitative estimate of drug-likeness (QED) is 0.675. The molecule has 2 rings (SSSR count). The Kier molecular flexibility index (Phi) is 5.00. The summed E-state index contributed by atoms with van der Waals surface area (Å²) >= 11 is 9.67. The number of benzene rings is 2. The maximum atomic E-state index is 13.6. The largest absolute Gasteiger partial charge is 0.497 e. The predicted octanol–water partition coefficient (Wildman–Crippen LogP) is 5.26. The minimum absolute atomic E-state index is 0.00443. The van der Waals surface area contributed by atoms with Crippen molar-refractivity contribution in [3.63, 3.8) is 0 Å². The smallest absolute Gasteiger partial charge is 0.129 e. The van der Waals surface area contributed by atoms with Crippen LogP contribution in [0.3, 0.4) is 0 Å². The van der Waals surface area contributed by atoms with E-state index in [1.807, 2.05) is 0 Å². The Morgan fingerprint density at radius 2 is 1.85 bits per heavy atom. The topological polar surface area (TPSA) is 9.23 Å². The highest BCUT2D eigenvalue weighted by Crippen LogP contribution is 2.34. The number of halogens is 4. The zero-order valence-electron chi connectivity index (χ0n) is 10.7. The first kappa shape index (κ1) is 15.3. The van der Waals surface area contributed by atoms with Gasteiger partial charge in [0, 0.05) is 10.0 Å². The molecule has 0 saturated carbocycles. The van der Waals surface area contributed by atoms with Crippen LogP contribution in [0, 0.1) is 11.6 Å². The highest BCUT2D eigenvalue weighted by atomic mass is 79.9. The monoisotopic (exact) mass is 360 g/mol. The van der Waals surface area contributed by atoms with Crippen molar-refractivity contribution in [1.29, 1.82) is 0 Å². The van der Waals surface area contributed by atoms with Crippen LogP contribution in [0.4, 0.5) is 8.78 Å². The van der Waals surface area contributed by atoms with Crippen LogP contribution in [-0.2, 0) is 6.42 Å². The second-order valence-electron chi connectivity index (χ2n) is 4.26. The average Bonchev–Trinajstić information content (AvgIpc) is 2.42. The third-order valence-electron chi connectivity index (χ3n) is 2.99. The Labute approximate surface area is 129 Å². The molecule has 1 unspecified atom stereocenters. The van der Waals surface area contributed by atoms with E-state index < -0.39 is 17.0 Å². The number of alkyl halides is 1. The Balaban J connectivity index is 2.26. The number of hydrogen-bond acceptors (Lipinski definition) is 1. The van der Waals surface area contributed by atoms with Crippen LogP contribution < -0.4 is 4.74 Å². The van der Waals surface area contributed by atoms with Gasteiger partial charge in [-0.15, -0.1) is 11.6 Å². The fraction of sp³-hybridized carbons (Fsp3) is 0.200. The molecular formula is C15H12BrClF2O. The molecule has 0 N–H and O–H groups in total. The second kappa shape index (κ2) is 6.55. The van der Waals surface area contributed by atoms with Crippen molar-refractivity contribution in [2.45, 2.75) is 11.8 Å². The summed E-state index contributed by atoms with van der Waals surface area (Å²) in [7, 11) is 1.56. The van der Waals surface area contributed by atoms with Gasteiger partial charge in [-0.3, -0.25) is 0 Å². The lowest BCUT2D eigenvalue weighted by molar-refractivity contribution is 0.414. The first-order valence-electron chi connectivity index (χ1n) is 5.93. The summed E-state index contributed by atoms with van der Waals surface area (Å²) < 4.78 is 33.1. The third-order valence-corrected chi connectivity index (χ3v) is 4.07. The summed E-state index contributed by atoms with van der Waals surface area (Å²) in [6, 6.07) is 9.09. The van der Waals surface area contributed by atoms with Crippen LogP contribution in [0.1, 0.15) is 16.5 Å². The molecule has 1 atom stereocenters. The zero-order chi connectivity index (χ0) is 14.7. The summed E-state index contributed by atoms with van der Waals surface area (Å²) in [6.45, 7) is 0. The van der Waals surface area contributed by atoms with E-state index >= 15 is 0 Å². The van der Waals surface area contributed by atoms with Gasteiger partial charge in [-0.2, -0.15) is 0 Å². The Morgan fingerprint density at radius 3 is 2.40 bits per heavy atom. The summed E-state index contributed by atoms with van der Waals surface area (Å²) in [5, 5.41) is -0.540. The van der Waals surface area contributed by atoms with E-state index in [-0.39, 0.29) is 12.0 Å². The molecule has 0 aromatic heterocycles. The highest BCUT2D eigenvalue weighted by Gasteiger charge is 2.17. The lowest BCUT2D eigenvalue weighted by atomic mass is 10.0. The van der Waals surface area contributed by atoms with Crippen molar-refractivity contribution in [3.05, 3.63) is 63.6 Å². The van der Waals surface area contributed by atoms with E-state index in [4.69, 9.17) is 16.3 Å². The van der Waals surface area contributed by atoms with Crippen molar-refractivity contribution < 1.29 is 13.5 Å². The molecule has 1 nitrogen and oxygen atoms in total. The normalized spacial score (nSPS) is 12.2. The van der Waals surface area contributed by atoms with Crippen LogP contribution in [0.15, 0.2) is 40.9 Å². The first-order valence-corrected chi connectivity index (χ1v) is 7.16. The molecule has 0 amide bonds. The molecule has 20 heavy (non-hydrogen) atoms. The van der Waals surface area contributed by atoms with Gasteiger partial charge in [0.25, 0.3) is 0 Å². The molecule has 0 heterocycles. The van der Waals surface area contributed by atoms with Crippen LogP contribution in [0.25, 0.3) is 0 Å². The van der Waals surface area contributed by atoms with Crippen LogP contribution >= 0.6 is 27.5 Å². The number of hydrogen-bond donors (Lipinski definition) is 0. The molecule has 0 fully saturated rings. The van der Waals surface area contributed by atoms with Crippen molar-refractivity contribution in [1.82, 2.24) is 0 Å². The van der Waals surface area contributed by atoms with E-state index in [9.17, 15) is 8.78 Å². The molecule has 0 aliphatic carbocycles. The minimum Gasteiger partial charge on any atom is -0.497 e. The lowest BCUT2D eigenvalue weighted by Crippen LogP contribution is -2.02. The van der Waals surface area contributed by atoms with Gasteiger partial charge in [0.2, 0.25) is 0 Å². The summed E-state index contributed by atoms with van der Waals surface area (Å²) in [4.78, 5) is 0. The molecule has 0 saturated heterocycles. The minimum atomic E-state index is -0.583. The Hall–Kier alpha value is -1.13. The van der Waals surface area contributed by atoms with E-state index in [0.29, 0.717) is 5.75 Å². The SMILES string of the molecule is COc1ccc(C(Cl)Cc2c(F)cccc2F)c(Br)c1. The van der Waals surface area contributed by atoms with Crippen molar-refractivity contribution in [3.8, 4) is 5.75 Å². The molecule has 0 bridgehead atoms. The van der Waals surface area contributed by atoms with Gasteiger partial charge in [-0.05, 0) is 36.2 Å². The standard InChI is InChI=1S/C15H12BrClF2O/c1-20-9-5-6-10(12(16)7-9)13(17)8-11-14(18)3-2-4-15(11)19/h2-7,13H,8H2,1H3. The molecular weight excluding hydrogens is 350 g/mol. The maximum absolute atomic E-state index is 13.6. The van der Waals surface area contributed by atoms with Crippen molar-refractivity contribution in [2.24, 2.45) is 0 Å². The van der Waals surface area contributed by atoms with Crippen molar-refractivity contribution in [2.75, 3.05) is 7.11 Å². The summed E-state index contributed by atoms with van der Waals surface area (Å²) in [6.07, 6.45) is 0.0744.